The van der Waals surface area contributed by atoms with E-state index >= 15 is 0 Å². The first-order valence-corrected chi connectivity index (χ1v) is 10.8. The Kier molecular flexibility index (Phi) is 4.65. The molecular weight excluding hydrogens is 386 g/mol. The number of benzene rings is 2. The molecule has 0 unspecified atom stereocenters. The van der Waals surface area contributed by atoms with E-state index < -0.39 is 28.1 Å². The second-order valence-electron chi connectivity index (χ2n) is 7.20. The number of hydrogen-bond acceptors (Lipinski definition) is 3. The van der Waals surface area contributed by atoms with E-state index in [4.69, 9.17) is 5.73 Å². The van der Waals surface area contributed by atoms with Gasteiger partial charge in [0.15, 0.2) is 0 Å². The molecule has 148 valence electrons. The summed E-state index contributed by atoms with van der Waals surface area (Å²) in [5.41, 5.74) is 8.08. The summed E-state index contributed by atoms with van der Waals surface area (Å²) in [7, 11) is -2.51. The van der Waals surface area contributed by atoms with E-state index in [2.05, 4.69) is 4.98 Å². The Morgan fingerprint density at radius 1 is 1.04 bits per heavy atom. The number of H-pyrrole nitrogens is 1. The summed E-state index contributed by atoms with van der Waals surface area (Å²) in [4.78, 5) is 15.1. The van der Waals surface area contributed by atoms with Crippen molar-refractivity contribution in [3.8, 4) is 11.1 Å². The highest BCUT2D eigenvalue weighted by Gasteiger charge is 2.27. The Bertz CT molecular complexity index is 1050. The first-order chi connectivity index (χ1) is 13.2. The van der Waals surface area contributed by atoms with Crippen LogP contribution in [0.2, 0.25) is 0 Å². The van der Waals surface area contributed by atoms with Crippen LogP contribution in [0.3, 0.4) is 0 Å². The Morgan fingerprint density at radius 2 is 1.64 bits per heavy atom. The largest absolute Gasteiger partial charge is 0.366 e. The van der Waals surface area contributed by atoms with Crippen LogP contribution in [0.1, 0.15) is 34.7 Å². The van der Waals surface area contributed by atoms with Gasteiger partial charge in [0.1, 0.15) is 11.6 Å². The van der Waals surface area contributed by atoms with Crippen LogP contribution in [-0.2, 0) is 0 Å². The zero-order chi connectivity index (χ0) is 20.1. The van der Waals surface area contributed by atoms with E-state index in [0.29, 0.717) is 41.0 Å². The van der Waals surface area contributed by atoms with Crippen LogP contribution in [0.4, 0.5) is 8.78 Å². The molecule has 0 spiro atoms. The lowest BCUT2D eigenvalue weighted by Gasteiger charge is -2.39. The van der Waals surface area contributed by atoms with Crippen molar-refractivity contribution < 1.29 is 22.7 Å². The third-order valence-electron chi connectivity index (χ3n) is 5.31. The molecule has 5 N–H and O–H groups in total. The summed E-state index contributed by atoms with van der Waals surface area (Å²) in [5, 5.41) is 0.749. The Balaban J connectivity index is 1.85. The van der Waals surface area contributed by atoms with Gasteiger partial charge in [0.25, 0.3) is 5.91 Å². The fourth-order valence-electron chi connectivity index (χ4n) is 3.89. The maximum atomic E-state index is 13.7. The first-order valence-electron chi connectivity index (χ1n) is 8.88. The molecule has 1 fully saturated rings. The molecule has 4 rings (SSSR count). The highest BCUT2D eigenvalue weighted by Crippen LogP contribution is 2.49. The van der Waals surface area contributed by atoms with Gasteiger partial charge in [0.05, 0.1) is 11.1 Å². The van der Waals surface area contributed by atoms with Crippen LogP contribution in [-0.4, -0.2) is 31.5 Å². The maximum absolute atomic E-state index is 13.7. The van der Waals surface area contributed by atoms with Crippen LogP contribution < -0.4 is 5.73 Å². The molecule has 5 nitrogen and oxygen atoms in total. The molecule has 0 atom stereocenters. The number of nitrogens with one attached hydrogen (secondary N) is 1. The molecule has 2 aromatic carbocycles. The molecule has 0 bridgehead atoms. The van der Waals surface area contributed by atoms with E-state index in [9.17, 15) is 22.7 Å². The topological polar surface area (TPSA) is 99.3 Å². The van der Waals surface area contributed by atoms with E-state index in [1.807, 2.05) is 0 Å². The molecule has 3 aromatic rings. The number of aromatic nitrogens is 1. The number of amides is 1. The van der Waals surface area contributed by atoms with Gasteiger partial charge in [0, 0.05) is 29.2 Å². The summed E-state index contributed by atoms with van der Waals surface area (Å²) in [6, 6.07) is 6.51. The number of halogens is 2. The number of fused-ring (bicyclic) bond motifs is 1. The fraction of sp³-hybridized carbons (Fsp3) is 0.250. The van der Waals surface area contributed by atoms with Crippen LogP contribution in [0.5, 0.6) is 0 Å². The SMILES string of the molecule is NC(=O)c1cc(-c2cc(F)cc(F)c2)cc2c(C3CCS(O)(O)CC3)c[nH]c12. The van der Waals surface area contributed by atoms with Crippen LogP contribution in [0, 0.1) is 11.6 Å². The Hall–Kier alpha value is -2.42. The van der Waals surface area contributed by atoms with Crippen molar-refractivity contribution in [3.63, 3.8) is 0 Å². The lowest BCUT2D eigenvalue weighted by Crippen LogP contribution is -2.19. The number of primary amides is 1. The number of carbonyl (C=O) groups excluding carboxylic acids is 1. The number of rotatable bonds is 3. The van der Waals surface area contributed by atoms with E-state index in [1.54, 1.807) is 12.3 Å². The highest BCUT2D eigenvalue weighted by atomic mass is 32.3. The van der Waals surface area contributed by atoms with Crippen molar-refractivity contribution in [2.75, 3.05) is 11.5 Å². The number of nitrogens with two attached hydrogens (primary N) is 1. The third-order valence-corrected chi connectivity index (χ3v) is 7.09. The third kappa shape index (κ3) is 3.50. The maximum Gasteiger partial charge on any atom is 0.250 e. The minimum absolute atomic E-state index is 0.0916. The molecule has 1 aliphatic rings. The zero-order valence-electron chi connectivity index (χ0n) is 14.9. The lowest BCUT2D eigenvalue weighted by atomic mass is 9.91. The monoisotopic (exact) mass is 406 g/mol. The molecule has 1 saturated heterocycles. The molecule has 0 radical (unpaired) electrons. The molecule has 0 saturated carbocycles. The van der Waals surface area contributed by atoms with Crippen molar-refractivity contribution in [2.24, 2.45) is 5.73 Å². The second kappa shape index (κ2) is 6.88. The minimum Gasteiger partial charge on any atom is -0.366 e. The summed E-state index contributed by atoms with van der Waals surface area (Å²) in [6.45, 7) is 0. The van der Waals surface area contributed by atoms with Crippen LogP contribution >= 0.6 is 10.6 Å². The van der Waals surface area contributed by atoms with Gasteiger partial charge in [-0.05, 0) is 59.7 Å². The van der Waals surface area contributed by atoms with Crippen LogP contribution in [0.15, 0.2) is 36.5 Å². The fourth-order valence-corrected chi connectivity index (χ4v) is 5.42. The summed E-state index contributed by atoms with van der Waals surface area (Å²) < 4.78 is 47.1. The molecule has 1 aromatic heterocycles. The van der Waals surface area contributed by atoms with Gasteiger partial charge in [0.2, 0.25) is 0 Å². The summed E-state index contributed by atoms with van der Waals surface area (Å²) in [5.74, 6) is -1.29. The zero-order valence-corrected chi connectivity index (χ0v) is 15.7. The van der Waals surface area contributed by atoms with Crippen molar-refractivity contribution in [3.05, 3.63) is 59.3 Å². The molecule has 0 aliphatic carbocycles. The van der Waals surface area contributed by atoms with Crippen LogP contribution in [0.25, 0.3) is 22.0 Å². The molecule has 28 heavy (non-hydrogen) atoms. The second-order valence-corrected chi connectivity index (χ2v) is 9.62. The summed E-state index contributed by atoms with van der Waals surface area (Å²) in [6.07, 6.45) is 3.02. The van der Waals surface area contributed by atoms with E-state index in [1.165, 1.54) is 18.2 Å². The Morgan fingerprint density at radius 3 is 2.25 bits per heavy atom. The highest BCUT2D eigenvalue weighted by molar-refractivity contribution is 8.24. The average molecular weight is 406 g/mol. The average Bonchev–Trinajstić information content (AvgIpc) is 3.04. The van der Waals surface area contributed by atoms with Crippen molar-refractivity contribution in [1.29, 1.82) is 0 Å². The van der Waals surface area contributed by atoms with Gasteiger partial charge in [-0.1, -0.05) is 0 Å². The molecule has 1 aliphatic heterocycles. The molecule has 1 amide bonds. The van der Waals surface area contributed by atoms with E-state index in [0.717, 1.165) is 17.0 Å². The normalized spacial score (nSPS) is 18.3. The van der Waals surface area contributed by atoms with Gasteiger partial charge in [-0.15, -0.1) is 0 Å². The standard InChI is InChI=1S/C20H20F2N2O3S/c21-14-5-12(6-15(22)9-14)13-7-16-18(11-1-3-28(26,27)4-2-11)10-24-19(16)17(8-13)20(23)25/h5-11,24,26-27H,1-4H2,(H2,23,25). The predicted molar refractivity (Wildman–Crippen MR) is 107 cm³/mol. The lowest BCUT2D eigenvalue weighted by molar-refractivity contribution is 0.100. The van der Waals surface area contributed by atoms with Crippen molar-refractivity contribution in [1.82, 2.24) is 4.98 Å². The van der Waals surface area contributed by atoms with Gasteiger partial charge in [-0.3, -0.25) is 13.9 Å². The molecular formula is C20H20F2N2O3S. The molecule has 8 heteroatoms. The van der Waals surface area contributed by atoms with Crippen molar-refractivity contribution >= 4 is 27.4 Å². The minimum atomic E-state index is -2.51. The van der Waals surface area contributed by atoms with Crippen molar-refractivity contribution in [2.45, 2.75) is 18.8 Å². The van der Waals surface area contributed by atoms with Gasteiger partial charge >= 0.3 is 0 Å². The number of carbonyl (C=O) groups is 1. The quantitative estimate of drug-likeness (QED) is 0.501. The van der Waals surface area contributed by atoms with Gasteiger partial charge < -0.3 is 10.7 Å². The Labute approximate surface area is 161 Å². The van der Waals surface area contributed by atoms with Gasteiger partial charge in [-0.2, -0.15) is 10.6 Å². The predicted octanol–water partition coefficient (Wildman–Crippen LogP) is 4.84. The number of aromatic amines is 1. The first kappa shape index (κ1) is 18.9. The van der Waals surface area contributed by atoms with Gasteiger partial charge in [-0.25, -0.2) is 8.78 Å². The molecule has 2 heterocycles. The van der Waals surface area contributed by atoms with E-state index in [-0.39, 0.29) is 11.5 Å². The number of hydrogen-bond donors (Lipinski definition) is 4. The smallest absolute Gasteiger partial charge is 0.250 e. The summed E-state index contributed by atoms with van der Waals surface area (Å²) >= 11 is 0.